The maximum absolute atomic E-state index is 11.2. The Kier molecular flexibility index (Phi) is 4.31. The second-order valence-corrected chi connectivity index (χ2v) is 3.43. The van der Waals surface area contributed by atoms with Crippen LogP contribution in [0.5, 0.6) is 0 Å². The second-order valence-electron chi connectivity index (χ2n) is 3.43. The van der Waals surface area contributed by atoms with Crippen molar-refractivity contribution in [2.75, 3.05) is 18.5 Å². The molecule has 0 radical (unpaired) electrons. The van der Waals surface area contributed by atoms with Crippen molar-refractivity contribution in [1.29, 1.82) is 0 Å². The van der Waals surface area contributed by atoms with Gasteiger partial charge in [-0.2, -0.15) is 0 Å². The van der Waals surface area contributed by atoms with Crippen LogP contribution in [-0.4, -0.2) is 24.0 Å². The van der Waals surface area contributed by atoms with Crippen molar-refractivity contribution in [1.82, 2.24) is 0 Å². The fourth-order valence-corrected chi connectivity index (χ4v) is 1.47. The molecular formula is C12H17NO2. The largest absolute Gasteiger partial charge is 0.395 e. The van der Waals surface area contributed by atoms with E-state index in [1.165, 1.54) is 0 Å². The van der Waals surface area contributed by atoms with Gasteiger partial charge in [0, 0.05) is 17.8 Å². The molecule has 0 heterocycles. The molecule has 0 aliphatic heterocycles. The monoisotopic (exact) mass is 207 g/mol. The number of carbonyl (C=O) groups excluding carboxylic acids is 1. The van der Waals surface area contributed by atoms with E-state index in [-0.39, 0.29) is 12.4 Å². The molecule has 15 heavy (non-hydrogen) atoms. The Balaban J connectivity index is 2.93. The van der Waals surface area contributed by atoms with Gasteiger partial charge < -0.3 is 10.4 Å². The maximum Gasteiger partial charge on any atom is 0.159 e. The van der Waals surface area contributed by atoms with E-state index in [1.54, 1.807) is 13.0 Å². The summed E-state index contributed by atoms with van der Waals surface area (Å²) in [5.74, 6) is 0.0819. The predicted molar refractivity (Wildman–Crippen MR) is 61.4 cm³/mol. The van der Waals surface area contributed by atoms with Gasteiger partial charge in [0.05, 0.1) is 6.61 Å². The summed E-state index contributed by atoms with van der Waals surface area (Å²) in [5, 5.41) is 11.8. The molecule has 0 spiro atoms. The van der Waals surface area contributed by atoms with Gasteiger partial charge in [0.25, 0.3) is 0 Å². The van der Waals surface area contributed by atoms with E-state index in [0.29, 0.717) is 6.54 Å². The molecule has 0 atom stereocenters. The van der Waals surface area contributed by atoms with Crippen molar-refractivity contribution in [3.05, 3.63) is 29.3 Å². The zero-order chi connectivity index (χ0) is 11.3. The van der Waals surface area contributed by atoms with Crippen molar-refractivity contribution in [2.24, 2.45) is 0 Å². The molecule has 82 valence electrons. The van der Waals surface area contributed by atoms with E-state index in [9.17, 15) is 4.79 Å². The topological polar surface area (TPSA) is 49.3 Å². The highest BCUT2D eigenvalue weighted by atomic mass is 16.3. The molecule has 0 unspecified atom stereocenters. The third-order valence-corrected chi connectivity index (χ3v) is 2.32. The summed E-state index contributed by atoms with van der Waals surface area (Å²) in [5.41, 5.74) is 2.84. The molecular weight excluding hydrogens is 190 g/mol. The molecule has 2 N–H and O–H groups in total. The summed E-state index contributed by atoms with van der Waals surface area (Å²) in [6, 6.07) is 5.61. The molecule has 0 fully saturated rings. The molecule has 3 nitrogen and oxygen atoms in total. The van der Waals surface area contributed by atoms with Gasteiger partial charge in [-0.1, -0.05) is 6.92 Å². The molecule has 1 aromatic carbocycles. The number of aliphatic hydroxyl groups excluding tert-OH is 1. The number of ketones is 1. The third kappa shape index (κ3) is 3.06. The zero-order valence-corrected chi connectivity index (χ0v) is 9.21. The number of nitrogens with one attached hydrogen (secondary N) is 1. The highest BCUT2D eigenvalue weighted by molar-refractivity contribution is 5.94. The minimum Gasteiger partial charge on any atom is -0.395 e. The number of Topliss-reactive ketones (excluding diaryl/α,β-unsaturated/α-hetero) is 1. The van der Waals surface area contributed by atoms with E-state index in [4.69, 9.17) is 5.11 Å². The van der Waals surface area contributed by atoms with Gasteiger partial charge in [-0.3, -0.25) is 4.79 Å². The number of aliphatic hydroxyl groups is 1. The molecule has 0 aromatic heterocycles. The number of rotatable bonds is 5. The summed E-state index contributed by atoms with van der Waals surface area (Å²) in [6.45, 7) is 4.25. The Bertz CT molecular complexity index is 347. The van der Waals surface area contributed by atoms with E-state index in [1.807, 2.05) is 19.1 Å². The van der Waals surface area contributed by atoms with Crippen LogP contribution in [-0.2, 0) is 6.42 Å². The SMILES string of the molecule is CCc1cc(C(C)=O)ccc1NCCO. The molecule has 0 saturated carbocycles. The van der Waals surface area contributed by atoms with E-state index < -0.39 is 0 Å². The van der Waals surface area contributed by atoms with E-state index in [2.05, 4.69) is 5.32 Å². The molecule has 0 saturated heterocycles. The van der Waals surface area contributed by atoms with Crippen LogP contribution < -0.4 is 5.32 Å². The standard InChI is InChI=1S/C12H17NO2/c1-3-10-8-11(9(2)15)4-5-12(10)13-6-7-14/h4-5,8,13-14H,3,6-7H2,1-2H3. The summed E-state index contributed by atoms with van der Waals surface area (Å²) in [4.78, 5) is 11.2. The fraction of sp³-hybridized carbons (Fsp3) is 0.417. The van der Waals surface area contributed by atoms with Gasteiger partial charge in [-0.05, 0) is 37.1 Å². The van der Waals surface area contributed by atoms with Crippen molar-refractivity contribution in [2.45, 2.75) is 20.3 Å². The Morgan fingerprint density at radius 2 is 2.20 bits per heavy atom. The Hall–Kier alpha value is -1.35. The zero-order valence-electron chi connectivity index (χ0n) is 9.21. The van der Waals surface area contributed by atoms with Gasteiger partial charge >= 0.3 is 0 Å². The Labute approximate surface area is 90.1 Å². The lowest BCUT2D eigenvalue weighted by atomic mass is 10.0. The van der Waals surface area contributed by atoms with Crippen LogP contribution in [0.3, 0.4) is 0 Å². The summed E-state index contributed by atoms with van der Waals surface area (Å²) >= 11 is 0. The number of benzene rings is 1. The van der Waals surface area contributed by atoms with Crippen LogP contribution in [0.15, 0.2) is 18.2 Å². The predicted octanol–water partition coefficient (Wildman–Crippen LogP) is 1.86. The number of hydrogen-bond donors (Lipinski definition) is 2. The average molecular weight is 207 g/mol. The second kappa shape index (κ2) is 5.51. The van der Waals surface area contributed by atoms with Crippen LogP contribution in [0, 0.1) is 0 Å². The normalized spacial score (nSPS) is 10.1. The van der Waals surface area contributed by atoms with Crippen molar-refractivity contribution in [3.63, 3.8) is 0 Å². The molecule has 3 heteroatoms. The Morgan fingerprint density at radius 1 is 1.47 bits per heavy atom. The lowest BCUT2D eigenvalue weighted by Gasteiger charge is -2.10. The number of anilines is 1. The smallest absolute Gasteiger partial charge is 0.159 e. The van der Waals surface area contributed by atoms with Gasteiger partial charge in [0.1, 0.15) is 0 Å². The van der Waals surface area contributed by atoms with Gasteiger partial charge in [-0.15, -0.1) is 0 Å². The van der Waals surface area contributed by atoms with Crippen molar-refractivity contribution >= 4 is 11.5 Å². The van der Waals surface area contributed by atoms with Gasteiger partial charge in [0.2, 0.25) is 0 Å². The minimum absolute atomic E-state index is 0.0819. The summed E-state index contributed by atoms with van der Waals surface area (Å²) in [6.07, 6.45) is 0.870. The van der Waals surface area contributed by atoms with Crippen molar-refractivity contribution in [3.8, 4) is 0 Å². The number of carbonyl (C=O) groups is 1. The Morgan fingerprint density at radius 3 is 2.73 bits per heavy atom. The van der Waals surface area contributed by atoms with E-state index >= 15 is 0 Å². The highest BCUT2D eigenvalue weighted by Crippen LogP contribution is 2.18. The van der Waals surface area contributed by atoms with Gasteiger partial charge in [0.15, 0.2) is 5.78 Å². The lowest BCUT2D eigenvalue weighted by Crippen LogP contribution is -2.08. The quantitative estimate of drug-likeness (QED) is 0.724. The first kappa shape index (κ1) is 11.7. The first-order valence-corrected chi connectivity index (χ1v) is 5.17. The van der Waals surface area contributed by atoms with Gasteiger partial charge in [-0.25, -0.2) is 0 Å². The van der Waals surface area contributed by atoms with E-state index in [0.717, 1.165) is 23.2 Å². The molecule has 0 aliphatic rings. The molecule has 1 rings (SSSR count). The molecule has 1 aromatic rings. The molecule has 0 amide bonds. The minimum atomic E-state index is 0.0819. The summed E-state index contributed by atoms with van der Waals surface area (Å²) < 4.78 is 0. The average Bonchev–Trinajstić information content (AvgIpc) is 2.25. The first-order valence-electron chi connectivity index (χ1n) is 5.17. The first-order chi connectivity index (χ1) is 7.19. The molecule has 0 aliphatic carbocycles. The summed E-state index contributed by atoms with van der Waals surface area (Å²) in [7, 11) is 0. The van der Waals surface area contributed by atoms with Crippen LogP contribution in [0.1, 0.15) is 29.8 Å². The number of hydrogen-bond acceptors (Lipinski definition) is 3. The van der Waals surface area contributed by atoms with Crippen LogP contribution in [0.2, 0.25) is 0 Å². The number of aryl methyl sites for hydroxylation is 1. The third-order valence-electron chi connectivity index (χ3n) is 2.32. The molecule has 0 bridgehead atoms. The van der Waals surface area contributed by atoms with Crippen LogP contribution in [0.4, 0.5) is 5.69 Å². The highest BCUT2D eigenvalue weighted by Gasteiger charge is 2.04. The van der Waals surface area contributed by atoms with Crippen molar-refractivity contribution < 1.29 is 9.90 Å². The fourth-order valence-electron chi connectivity index (χ4n) is 1.47. The van der Waals surface area contributed by atoms with Crippen LogP contribution >= 0.6 is 0 Å². The lowest BCUT2D eigenvalue weighted by molar-refractivity contribution is 0.101. The van der Waals surface area contributed by atoms with Crippen LogP contribution in [0.25, 0.3) is 0 Å². The maximum atomic E-state index is 11.2.